The van der Waals surface area contributed by atoms with Crippen LogP contribution in [0.2, 0.25) is 0 Å². The van der Waals surface area contributed by atoms with Crippen molar-refractivity contribution < 1.29 is 0 Å². The minimum atomic E-state index is 1.000. The highest BCUT2D eigenvalue weighted by molar-refractivity contribution is 5.81. The summed E-state index contributed by atoms with van der Waals surface area (Å²) in [4.78, 5) is 23.7. The molecular weight excluding hydrogens is 400 g/mol. The molecule has 0 aromatic heterocycles. The summed E-state index contributed by atoms with van der Waals surface area (Å²) < 4.78 is 0. The van der Waals surface area contributed by atoms with E-state index in [-0.39, 0.29) is 0 Å². The lowest BCUT2D eigenvalue weighted by Gasteiger charge is -2.25. The molecule has 0 saturated carbocycles. The number of nitrogens with zero attached hydrogens (tertiary/aromatic N) is 7. The lowest BCUT2D eigenvalue weighted by atomic mass is 10.3. The zero-order valence-electron chi connectivity index (χ0n) is 21.8. The Morgan fingerprint density at radius 1 is 0.656 bits per heavy atom. The second-order valence-electron chi connectivity index (χ2n) is 8.32. The first kappa shape index (κ1) is 27.9. The Morgan fingerprint density at radius 2 is 1.19 bits per heavy atom. The van der Waals surface area contributed by atoms with Gasteiger partial charge in [-0.1, -0.05) is 0 Å². The summed E-state index contributed by atoms with van der Waals surface area (Å²) in [5.41, 5.74) is 0. The van der Waals surface area contributed by atoms with Crippen LogP contribution in [0, 0.1) is 0 Å². The molecule has 0 saturated heterocycles. The third-order valence-electron chi connectivity index (χ3n) is 5.93. The second-order valence-corrected chi connectivity index (χ2v) is 8.32. The van der Waals surface area contributed by atoms with Crippen LogP contribution in [0.25, 0.3) is 0 Å². The van der Waals surface area contributed by atoms with Crippen LogP contribution in [0.3, 0.4) is 0 Å². The number of hydrogen-bond donors (Lipinski definition) is 1. The van der Waals surface area contributed by atoms with Crippen LogP contribution in [-0.2, 0) is 0 Å². The lowest BCUT2D eigenvalue weighted by molar-refractivity contribution is 0.411. The molecule has 8 heteroatoms. The highest BCUT2D eigenvalue weighted by Gasteiger charge is 2.08. The van der Waals surface area contributed by atoms with Crippen LogP contribution in [-0.4, -0.2) is 111 Å². The molecule has 0 unspecified atom stereocenters. The van der Waals surface area contributed by atoms with Crippen LogP contribution >= 0.6 is 0 Å². The van der Waals surface area contributed by atoms with Gasteiger partial charge in [0, 0.05) is 66.0 Å². The second kappa shape index (κ2) is 16.5. The average Bonchev–Trinajstić information content (AvgIpc) is 3.23. The van der Waals surface area contributed by atoms with Crippen LogP contribution in [0.4, 0.5) is 0 Å². The van der Waals surface area contributed by atoms with Crippen molar-refractivity contribution in [1.82, 2.24) is 20.0 Å². The maximum absolute atomic E-state index is 4.32. The van der Waals surface area contributed by atoms with E-state index in [9.17, 15) is 0 Å². The van der Waals surface area contributed by atoms with Gasteiger partial charge in [0.25, 0.3) is 0 Å². The van der Waals surface area contributed by atoms with Gasteiger partial charge in [-0.15, -0.1) is 0 Å². The van der Waals surface area contributed by atoms with Crippen molar-refractivity contribution in [2.75, 3.05) is 72.5 Å². The highest BCUT2D eigenvalue weighted by atomic mass is 15.2. The molecule has 32 heavy (non-hydrogen) atoms. The topological polar surface area (TPSA) is 71.2 Å². The van der Waals surface area contributed by atoms with Crippen LogP contribution in [0.1, 0.15) is 60.8 Å². The number of aliphatic imine (C=N–C) groups is 4. The van der Waals surface area contributed by atoms with Crippen molar-refractivity contribution in [2.24, 2.45) is 20.0 Å². The van der Waals surface area contributed by atoms with Crippen LogP contribution in [0.15, 0.2) is 20.0 Å². The normalized spacial score (nSPS) is 20.0. The van der Waals surface area contributed by atoms with E-state index in [2.05, 4.69) is 81.7 Å². The monoisotopic (exact) mass is 448 g/mol. The minimum Gasteiger partial charge on any atom is -0.374 e. The third-order valence-corrected chi connectivity index (χ3v) is 5.93. The number of likely N-dealkylation sites (N-methyl/N-ethyl adjacent to an activating group) is 1. The Kier molecular flexibility index (Phi) is 14.4. The minimum absolute atomic E-state index is 1.000. The number of rotatable bonds is 2. The van der Waals surface area contributed by atoms with Crippen LogP contribution in [0.5, 0.6) is 0 Å². The van der Waals surface area contributed by atoms with Gasteiger partial charge in [0.2, 0.25) is 0 Å². The molecule has 0 fully saturated rings. The highest BCUT2D eigenvalue weighted by Crippen LogP contribution is 2.01. The molecular formula is C24H48N8. The van der Waals surface area contributed by atoms with Crippen molar-refractivity contribution in [3.8, 4) is 0 Å². The smallest absolute Gasteiger partial charge is 0.0958 e. The van der Waals surface area contributed by atoms with Gasteiger partial charge in [-0.3, -0.25) is 20.0 Å². The fourth-order valence-corrected chi connectivity index (χ4v) is 3.61. The van der Waals surface area contributed by atoms with Crippen LogP contribution < -0.4 is 5.32 Å². The lowest BCUT2D eigenvalue weighted by Crippen LogP contribution is -2.33. The van der Waals surface area contributed by atoms with Crippen molar-refractivity contribution in [3.63, 3.8) is 0 Å². The molecule has 0 aliphatic carbocycles. The summed E-state index contributed by atoms with van der Waals surface area (Å²) in [6, 6.07) is 0. The van der Waals surface area contributed by atoms with E-state index in [1.165, 1.54) is 49.9 Å². The van der Waals surface area contributed by atoms with Gasteiger partial charge in [-0.25, -0.2) is 0 Å². The summed E-state index contributed by atoms with van der Waals surface area (Å²) in [6.45, 7) is 23.4. The molecule has 1 N–H and O–H groups in total. The Hall–Kier alpha value is -2.12. The zero-order chi connectivity index (χ0) is 23.8. The van der Waals surface area contributed by atoms with Gasteiger partial charge < -0.3 is 20.0 Å². The van der Waals surface area contributed by atoms with E-state index in [4.69, 9.17) is 0 Å². The van der Waals surface area contributed by atoms with E-state index < -0.39 is 0 Å². The molecule has 0 amide bonds. The first-order chi connectivity index (χ1) is 15.4. The third kappa shape index (κ3) is 11.5. The molecule has 0 bridgehead atoms. The first-order valence-corrected chi connectivity index (χ1v) is 12.4. The summed E-state index contributed by atoms with van der Waals surface area (Å²) in [5.74, 6) is 4.68. The summed E-state index contributed by atoms with van der Waals surface area (Å²) in [5, 5.41) is 3.13. The van der Waals surface area contributed by atoms with E-state index in [1.54, 1.807) is 0 Å². The Labute approximate surface area is 197 Å². The summed E-state index contributed by atoms with van der Waals surface area (Å²) >= 11 is 0. The van der Waals surface area contributed by atoms with Crippen molar-refractivity contribution in [2.45, 2.75) is 60.8 Å². The summed E-state index contributed by atoms with van der Waals surface area (Å²) in [6.07, 6.45) is 3.64. The maximum Gasteiger partial charge on any atom is 0.0958 e. The van der Waals surface area contributed by atoms with E-state index in [1.807, 2.05) is 6.92 Å². The molecule has 8 nitrogen and oxygen atoms in total. The Balaban J connectivity index is 0.000000214. The van der Waals surface area contributed by atoms with Gasteiger partial charge in [-0.05, 0) is 60.8 Å². The number of amidine groups is 4. The number of nitrogens with one attached hydrogen (secondary N) is 1. The van der Waals surface area contributed by atoms with E-state index >= 15 is 0 Å². The standard InChI is InChI=1S/C7H14N2.2C6H12N2.C5H10N2/c1-3-9-6-4-5-8-7(9)2;1-6-7-4-3-5-8(6)2;1-3-8-5-4-7-6(8)2;1-5-6-3-2-4-7-5/h3-6H2,1-2H3;2*3-5H2,1-2H3;2-4H2,1H3,(H,6,7). The van der Waals surface area contributed by atoms with E-state index in [0.29, 0.717) is 0 Å². The molecule has 4 aliphatic rings. The maximum atomic E-state index is 4.32. The van der Waals surface area contributed by atoms with Gasteiger partial charge in [0.05, 0.1) is 29.9 Å². The molecule has 0 spiro atoms. The molecule has 4 aliphatic heterocycles. The number of hydrogen-bond acceptors (Lipinski definition) is 8. The van der Waals surface area contributed by atoms with Crippen molar-refractivity contribution in [1.29, 1.82) is 0 Å². The molecule has 184 valence electrons. The van der Waals surface area contributed by atoms with E-state index in [0.717, 1.165) is 58.2 Å². The fourth-order valence-electron chi connectivity index (χ4n) is 3.61. The molecule has 0 atom stereocenters. The predicted molar refractivity (Wildman–Crippen MR) is 141 cm³/mol. The van der Waals surface area contributed by atoms with Gasteiger partial charge >= 0.3 is 0 Å². The quantitative estimate of drug-likeness (QED) is 0.705. The molecule has 0 radical (unpaired) electrons. The first-order valence-electron chi connectivity index (χ1n) is 12.4. The molecule has 4 rings (SSSR count). The molecule has 4 heterocycles. The largest absolute Gasteiger partial charge is 0.374 e. The van der Waals surface area contributed by atoms with Crippen molar-refractivity contribution in [3.05, 3.63) is 0 Å². The SMILES string of the molecule is CC1=NCCCN1.CC1=NCCCN1C.CCN1CCCN=C1C.CCN1CCN=C1C. The Bertz CT molecular complexity index is 638. The zero-order valence-corrected chi connectivity index (χ0v) is 21.8. The summed E-state index contributed by atoms with van der Waals surface area (Å²) in [7, 11) is 2.08. The van der Waals surface area contributed by atoms with Crippen molar-refractivity contribution >= 4 is 23.3 Å². The fraction of sp³-hybridized carbons (Fsp3) is 0.833. The van der Waals surface area contributed by atoms with Gasteiger partial charge in [0.15, 0.2) is 0 Å². The Morgan fingerprint density at radius 3 is 1.47 bits per heavy atom. The van der Waals surface area contributed by atoms with Gasteiger partial charge in [-0.2, -0.15) is 0 Å². The predicted octanol–water partition coefficient (Wildman–Crippen LogP) is 3.01. The van der Waals surface area contributed by atoms with Gasteiger partial charge in [0.1, 0.15) is 0 Å². The average molecular weight is 449 g/mol. The molecule has 0 aromatic rings. The molecule has 0 aromatic carbocycles.